The third-order valence-electron chi connectivity index (χ3n) is 4.10. The molecule has 3 rings (SSSR count). The minimum absolute atomic E-state index is 0.0811. The average Bonchev–Trinajstić information content (AvgIpc) is 2.67. The SMILES string of the molecule is O=C(CS(=O)(=O)Cc1cccc(Br)c1)N(Cc1ccccn1)c1ccc(F)cc1. The van der Waals surface area contributed by atoms with Gasteiger partial charge in [-0.3, -0.25) is 9.78 Å². The number of sulfone groups is 1. The molecule has 0 spiro atoms. The van der Waals surface area contributed by atoms with Gasteiger partial charge in [-0.05, 0) is 54.1 Å². The van der Waals surface area contributed by atoms with Crippen LogP contribution in [0.3, 0.4) is 0 Å². The van der Waals surface area contributed by atoms with Crippen LogP contribution in [0.25, 0.3) is 0 Å². The maximum atomic E-state index is 13.3. The second-order valence-electron chi connectivity index (χ2n) is 6.44. The van der Waals surface area contributed by atoms with Gasteiger partial charge in [-0.2, -0.15) is 0 Å². The van der Waals surface area contributed by atoms with Crippen molar-refractivity contribution in [3.63, 3.8) is 0 Å². The third kappa shape index (κ3) is 6.20. The highest BCUT2D eigenvalue weighted by molar-refractivity contribution is 9.10. The van der Waals surface area contributed by atoms with Crippen LogP contribution < -0.4 is 4.90 Å². The molecule has 3 aromatic rings. The zero-order valence-corrected chi connectivity index (χ0v) is 17.7. The molecule has 5 nitrogen and oxygen atoms in total. The topological polar surface area (TPSA) is 67.3 Å². The summed E-state index contributed by atoms with van der Waals surface area (Å²) in [7, 11) is -3.71. The van der Waals surface area contributed by atoms with E-state index in [2.05, 4.69) is 20.9 Å². The number of hydrogen-bond donors (Lipinski definition) is 0. The van der Waals surface area contributed by atoms with Gasteiger partial charge in [0.25, 0.3) is 0 Å². The number of pyridine rings is 1. The van der Waals surface area contributed by atoms with E-state index < -0.39 is 27.3 Å². The van der Waals surface area contributed by atoms with Gasteiger partial charge < -0.3 is 4.90 Å². The van der Waals surface area contributed by atoms with Gasteiger partial charge in [0.05, 0.1) is 18.0 Å². The molecule has 0 aliphatic rings. The van der Waals surface area contributed by atoms with Crippen LogP contribution in [-0.2, 0) is 26.9 Å². The van der Waals surface area contributed by atoms with Gasteiger partial charge in [-0.1, -0.05) is 34.1 Å². The standard InChI is InChI=1S/C21H18BrFN2O3S/c22-17-5-3-4-16(12-17)14-29(27,28)15-21(26)25(13-19-6-1-2-11-24-19)20-9-7-18(23)8-10-20/h1-12H,13-15H2. The summed E-state index contributed by atoms with van der Waals surface area (Å²) >= 11 is 3.31. The fraction of sp³-hybridized carbons (Fsp3) is 0.143. The number of nitrogens with zero attached hydrogens (tertiary/aromatic N) is 2. The first-order chi connectivity index (χ1) is 13.8. The number of carbonyl (C=O) groups excluding carboxylic acids is 1. The second kappa shape index (κ2) is 9.28. The van der Waals surface area contributed by atoms with Crippen LogP contribution in [0.4, 0.5) is 10.1 Å². The highest BCUT2D eigenvalue weighted by Gasteiger charge is 2.24. The van der Waals surface area contributed by atoms with E-state index in [1.54, 1.807) is 48.7 Å². The monoisotopic (exact) mass is 476 g/mol. The lowest BCUT2D eigenvalue weighted by Crippen LogP contribution is -2.36. The Labute approximate surface area is 177 Å². The summed E-state index contributed by atoms with van der Waals surface area (Å²) in [6.45, 7) is 0.0811. The normalized spacial score (nSPS) is 11.2. The predicted molar refractivity (Wildman–Crippen MR) is 113 cm³/mol. The van der Waals surface area contributed by atoms with Crippen molar-refractivity contribution in [3.8, 4) is 0 Å². The lowest BCUT2D eigenvalue weighted by Gasteiger charge is -2.22. The number of amides is 1. The van der Waals surface area contributed by atoms with E-state index >= 15 is 0 Å². The van der Waals surface area contributed by atoms with Crippen molar-refractivity contribution >= 4 is 37.4 Å². The molecule has 29 heavy (non-hydrogen) atoms. The molecular formula is C21H18BrFN2O3S. The third-order valence-corrected chi connectivity index (χ3v) is 6.06. The molecule has 0 aliphatic heterocycles. The van der Waals surface area contributed by atoms with Crippen molar-refractivity contribution in [1.29, 1.82) is 0 Å². The summed E-state index contributed by atoms with van der Waals surface area (Å²) in [5.41, 5.74) is 1.58. The van der Waals surface area contributed by atoms with Crippen molar-refractivity contribution in [2.24, 2.45) is 0 Å². The molecule has 1 amide bonds. The number of anilines is 1. The zero-order valence-electron chi connectivity index (χ0n) is 15.3. The Kier molecular flexibility index (Phi) is 6.76. The van der Waals surface area contributed by atoms with E-state index in [1.165, 1.54) is 29.2 Å². The molecule has 0 atom stereocenters. The molecule has 0 saturated heterocycles. The fourth-order valence-corrected chi connectivity index (χ4v) is 4.56. The Bertz CT molecular complexity index is 1090. The average molecular weight is 477 g/mol. The number of rotatable bonds is 7. The minimum Gasteiger partial charge on any atom is -0.306 e. The summed E-state index contributed by atoms with van der Waals surface area (Å²) in [6.07, 6.45) is 1.59. The van der Waals surface area contributed by atoms with Gasteiger partial charge in [0, 0.05) is 16.4 Å². The van der Waals surface area contributed by atoms with Crippen molar-refractivity contribution in [2.75, 3.05) is 10.7 Å². The maximum Gasteiger partial charge on any atom is 0.242 e. The molecule has 0 aliphatic carbocycles. The van der Waals surface area contributed by atoms with Gasteiger partial charge in [-0.25, -0.2) is 12.8 Å². The molecule has 0 unspecified atom stereocenters. The van der Waals surface area contributed by atoms with Gasteiger partial charge in [0.1, 0.15) is 11.6 Å². The van der Waals surface area contributed by atoms with E-state index in [0.29, 0.717) is 16.9 Å². The number of aromatic nitrogens is 1. The smallest absolute Gasteiger partial charge is 0.242 e. The Morgan fingerprint density at radius 2 is 1.79 bits per heavy atom. The summed E-state index contributed by atoms with van der Waals surface area (Å²) in [4.78, 5) is 18.4. The van der Waals surface area contributed by atoms with Crippen molar-refractivity contribution in [2.45, 2.75) is 12.3 Å². The predicted octanol–water partition coefficient (Wildman–Crippen LogP) is 4.13. The molecule has 0 saturated carbocycles. The van der Waals surface area contributed by atoms with Gasteiger partial charge in [0.2, 0.25) is 5.91 Å². The molecular weight excluding hydrogens is 459 g/mol. The Morgan fingerprint density at radius 1 is 1.03 bits per heavy atom. The van der Waals surface area contributed by atoms with E-state index in [0.717, 1.165) is 4.47 Å². The molecule has 150 valence electrons. The molecule has 0 radical (unpaired) electrons. The highest BCUT2D eigenvalue weighted by atomic mass is 79.9. The van der Waals surface area contributed by atoms with Crippen LogP contribution in [0, 0.1) is 5.82 Å². The Morgan fingerprint density at radius 3 is 2.45 bits per heavy atom. The lowest BCUT2D eigenvalue weighted by atomic mass is 10.2. The first-order valence-electron chi connectivity index (χ1n) is 8.73. The van der Waals surface area contributed by atoms with E-state index in [4.69, 9.17) is 0 Å². The molecule has 1 aromatic heterocycles. The summed E-state index contributed by atoms with van der Waals surface area (Å²) in [5.74, 6) is -1.96. The summed E-state index contributed by atoms with van der Waals surface area (Å²) in [5, 5.41) is 0. The molecule has 0 fully saturated rings. The maximum absolute atomic E-state index is 13.3. The molecule has 0 bridgehead atoms. The lowest BCUT2D eigenvalue weighted by molar-refractivity contribution is -0.116. The minimum atomic E-state index is -3.71. The quantitative estimate of drug-likeness (QED) is 0.513. The van der Waals surface area contributed by atoms with E-state index in [-0.39, 0.29) is 12.3 Å². The largest absolute Gasteiger partial charge is 0.306 e. The Balaban J connectivity index is 1.82. The zero-order chi connectivity index (χ0) is 20.9. The van der Waals surface area contributed by atoms with Crippen LogP contribution in [0.15, 0.2) is 77.4 Å². The molecule has 1 heterocycles. The first kappa shape index (κ1) is 21.1. The van der Waals surface area contributed by atoms with Crippen LogP contribution in [-0.4, -0.2) is 25.1 Å². The number of halogens is 2. The summed E-state index contributed by atoms with van der Waals surface area (Å²) < 4.78 is 39.3. The molecule has 2 aromatic carbocycles. The van der Waals surface area contributed by atoms with Crippen LogP contribution in [0.2, 0.25) is 0 Å². The number of benzene rings is 2. The number of carbonyl (C=O) groups is 1. The number of hydrogen-bond acceptors (Lipinski definition) is 4. The molecule has 0 N–H and O–H groups in total. The van der Waals surface area contributed by atoms with E-state index in [9.17, 15) is 17.6 Å². The highest BCUT2D eigenvalue weighted by Crippen LogP contribution is 2.20. The Hall–Kier alpha value is -2.58. The van der Waals surface area contributed by atoms with Crippen LogP contribution >= 0.6 is 15.9 Å². The van der Waals surface area contributed by atoms with Crippen molar-refractivity contribution in [1.82, 2.24) is 4.98 Å². The van der Waals surface area contributed by atoms with Gasteiger partial charge in [-0.15, -0.1) is 0 Å². The van der Waals surface area contributed by atoms with E-state index in [1.807, 2.05) is 0 Å². The van der Waals surface area contributed by atoms with Crippen molar-refractivity contribution < 1.29 is 17.6 Å². The van der Waals surface area contributed by atoms with Crippen LogP contribution in [0.1, 0.15) is 11.3 Å². The van der Waals surface area contributed by atoms with Crippen molar-refractivity contribution in [3.05, 3.63) is 94.5 Å². The summed E-state index contributed by atoms with van der Waals surface area (Å²) in [6, 6.07) is 17.5. The fourth-order valence-electron chi connectivity index (χ4n) is 2.80. The van der Waals surface area contributed by atoms with Gasteiger partial charge >= 0.3 is 0 Å². The molecule has 8 heteroatoms. The second-order valence-corrected chi connectivity index (χ2v) is 9.42. The first-order valence-corrected chi connectivity index (χ1v) is 11.3. The van der Waals surface area contributed by atoms with Crippen LogP contribution in [0.5, 0.6) is 0 Å². The van der Waals surface area contributed by atoms with Gasteiger partial charge in [0.15, 0.2) is 9.84 Å².